The van der Waals surface area contributed by atoms with Crippen LogP contribution >= 0.6 is 0 Å². The van der Waals surface area contributed by atoms with Crippen LogP contribution in [0.2, 0.25) is 0 Å². The number of carbonyl (C=O) groups is 1. The fourth-order valence-corrected chi connectivity index (χ4v) is 7.82. The number of carbonyl (C=O) groups excluding carboxylic acids is 1. The number of allylic oxidation sites excluding steroid dienone is 3. The lowest BCUT2D eigenvalue weighted by Crippen LogP contribution is -2.65. The fraction of sp³-hybridized carbons (Fsp3) is 0.630. The van der Waals surface area contributed by atoms with E-state index in [-0.39, 0.29) is 27.7 Å². The zero-order chi connectivity index (χ0) is 22.6. The molecule has 166 valence electrons. The van der Waals surface area contributed by atoms with Crippen LogP contribution < -0.4 is 10.4 Å². The number of ether oxygens (including phenoxy) is 1. The van der Waals surface area contributed by atoms with Gasteiger partial charge in [-0.05, 0) is 68.9 Å². The summed E-state index contributed by atoms with van der Waals surface area (Å²) in [6.07, 6.45) is 9.84. The summed E-state index contributed by atoms with van der Waals surface area (Å²) in [7, 11) is 0. The predicted molar refractivity (Wildman–Crippen MR) is 120 cm³/mol. The van der Waals surface area contributed by atoms with E-state index < -0.39 is 5.60 Å². The Hall–Kier alpha value is -2.10. The summed E-state index contributed by atoms with van der Waals surface area (Å²) in [5.41, 5.74) is 1.41. The maximum absolute atomic E-state index is 12.8. The van der Waals surface area contributed by atoms with E-state index in [2.05, 4.69) is 46.8 Å². The van der Waals surface area contributed by atoms with Crippen molar-refractivity contribution in [3.63, 3.8) is 0 Å². The number of ketones is 1. The minimum atomic E-state index is -0.543. The maximum atomic E-state index is 12.8. The van der Waals surface area contributed by atoms with Gasteiger partial charge in [0.05, 0.1) is 5.56 Å². The maximum Gasteiger partial charge on any atom is 0.343 e. The van der Waals surface area contributed by atoms with Gasteiger partial charge in [-0.25, -0.2) is 4.79 Å². The minimum absolute atomic E-state index is 0.0949. The molecule has 4 aliphatic rings. The first-order chi connectivity index (χ1) is 14.4. The number of fused-ring (bicyclic) bond motifs is 5. The Morgan fingerprint density at radius 3 is 2.45 bits per heavy atom. The zero-order valence-corrected chi connectivity index (χ0v) is 19.8. The molecule has 2 heterocycles. The molecular formula is C27H34O4. The second-order valence-corrected chi connectivity index (χ2v) is 11.5. The average Bonchev–Trinajstić information content (AvgIpc) is 3.11. The van der Waals surface area contributed by atoms with Gasteiger partial charge in [-0.3, -0.25) is 4.79 Å². The lowest BCUT2D eigenvalue weighted by Gasteiger charge is -2.65. The van der Waals surface area contributed by atoms with E-state index in [1.807, 2.05) is 19.9 Å². The molecule has 4 heteroatoms. The van der Waals surface area contributed by atoms with Gasteiger partial charge in [0.15, 0.2) is 5.78 Å². The van der Waals surface area contributed by atoms with Crippen LogP contribution in [0.5, 0.6) is 5.75 Å². The van der Waals surface area contributed by atoms with Crippen molar-refractivity contribution in [3.05, 3.63) is 51.1 Å². The standard InChI is InChI=1S/C27H34O4/c1-15-8-9-20-25(6)12-11-21(28)24(4,5)19(25)10-13-26(20,7)27(15)14-18-22(31-27)16(2)17(3)30-23(18)29/h8,11-12,19-20H,9-10,13-14H2,1-7H3/t19-,20+,25-,26+,27-/m0/s1. The Morgan fingerprint density at radius 2 is 1.74 bits per heavy atom. The van der Waals surface area contributed by atoms with Crippen LogP contribution in [0.15, 0.2) is 33.0 Å². The Bertz CT molecular complexity index is 1120. The van der Waals surface area contributed by atoms with E-state index in [1.54, 1.807) is 0 Å². The van der Waals surface area contributed by atoms with Crippen molar-refractivity contribution in [2.24, 2.45) is 28.1 Å². The monoisotopic (exact) mass is 422 g/mol. The smallest absolute Gasteiger partial charge is 0.343 e. The normalized spacial score (nSPS) is 40.1. The highest BCUT2D eigenvalue weighted by atomic mass is 16.5. The summed E-state index contributed by atoms with van der Waals surface area (Å²) in [4.78, 5) is 25.5. The molecule has 0 saturated heterocycles. The molecule has 0 N–H and O–H groups in total. The molecule has 1 fully saturated rings. The Kier molecular flexibility index (Phi) is 4.04. The first kappa shape index (κ1) is 20.8. The molecule has 31 heavy (non-hydrogen) atoms. The van der Waals surface area contributed by atoms with Crippen molar-refractivity contribution >= 4 is 5.78 Å². The van der Waals surface area contributed by atoms with Crippen LogP contribution in [0.4, 0.5) is 0 Å². The molecule has 0 radical (unpaired) electrons. The molecule has 0 bridgehead atoms. The Morgan fingerprint density at radius 1 is 1.03 bits per heavy atom. The van der Waals surface area contributed by atoms with Crippen molar-refractivity contribution < 1.29 is 13.9 Å². The van der Waals surface area contributed by atoms with Gasteiger partial charge in [-0.15, -0.1) is 0 Å². The highest BCUT2D eigenvalue weighted by Crippen LogP contribution is 2.69. The topological polar surface area (TPSA) is 56.5 Å². The van der Waals surface area contributed by atoms with Gasteiger partial charge >= 0.3 is 5.63 Å². The fourth-order valence-electron chi connectivity index (χ4n) is 7.82. The molecule has 1 aliphatic heterocycles. The van der Waals surface area contributed by atoms with E-state index in [0.29, 0.717) is 29.6 Å². The van der Waals surface area contributed by atoms with Gasteiger partial charge in [0.2, 0.25) is 0 Å². The Balaban J connectivity index is 1.68. The van der Waals surface area contributed by atoms with Crippen molar-refractivity contribution in [1.29, 1.82) is 0 Å². The van der Waals surface area contributed by atoms with E-state index in [0.717, 1.165) is 30.6 Å². The van der Waals surface area contributed by atoms with E-state index in [1.165, 1.54) is 5.57 Å². The predicted octanol–water partition coefficient (Wildman–Crippen LogP) is 5.48. The second kappa shape index (κ2) is 6.02. The quantitative estimate of drug-likeness (QED) is 0.519. The highest BCUT2D eigenvalue weighted by molar-refractivity contribution is 5.95. The summed E-state index contributed by atoms with van der Waals surface area (Å²) in [6.45, 7) is 14.9. The molecule has 4 nitrogen and oxygen atoms in total. The lowest BCUT2D eigenvalue weighted by molar-refractivity contribution is -0.160. The molecule has 0 aromatic carbocycles. The van der Waals surface area contributed by atoms with Crippen molar-refractivity contribution in [2.75, 3.05) is 0 Å². The van der Waals surface area contributed by atoms with Gasteiger partial charge in [-0.2, -0.15) is 0 Å². The third-order valence-corrected chi connectivity index (χ3v) is 9.88. The third kappa shape index (κ3) is 2.32. The zero-order valence-electron chi connectivity index (χ0n) is 19.8. The highest BCUT2D eigenvalue weighted by Gasteiger charge is 2.68. The first-order valence-electron chi connectivity index (χ1n) is 11.6. The number of hydrogen-bond donors (Lipinski definition) is 0. The lowest BCUT2D eigenvalue weighted by atomic mass is 9.40. The summed E-state index contributed by atoms with van der Waals surface area (Å²) in [5, 5.41) is 0. The molecule has 5 atom stereocenters. The third-order valence-electron chi connectivity index (χ3n) is 9.88. The van der Waals surface area contributed by atoms with Gasteiger partial charge < -0.3 is 9.15 Å². The van der Waals surface area contributed by atoms with E-state index in [9.17, 15) is 9.59 Å². The molecule has 1 spiro atoms. The molecule has 1 saturated carbocycles. The Labute approximate surface area is 184 Å². The number of rotatable bonds is 0. The van der Waals surface area contributed by atoms with E-state index >= 15 is 0 Å². The van der Waals surface area contributed by atoms with Crippen molar-refractivity contribution in [3.8, 4) is 5.75 Å². The van der Waals surface area contributed by atoms with Crippen LogP contribution in [0.3, 0.4) is 0 Å². The summed E-state index contributed by atoms with van der Waals surface area (Å²) in [5.74, 6) is 2.23. The van der Waals surface area contributed by atoms with Crippen LogP contribution in [-0.2, 0) is 11.2 Å². The van der Waals surface area contributed by atoms with Gasteiger partial charge in [0.25, 0.3) is 0 Å². The average molecular weight is 423 g/mol. The number of aryl methyl sites for hydroxylation is 1. The van der Waals surface area contributed by atoms with Crippen molar-refractivity contribution in [2.45, 2.75) is 79.8 Å². The van der Waals surface area contributed by atoms with E-state index in [4.69, 9.17) is 9.15 Å². The molecule has 1 aromatic heterocycles. The molecule has 1 aromatic rings. The van der Waals surface area contributed by atoms with Crippen LogP contribution in [-0.4, -0.2) is 11.4 Å². The molecule has 0 amide bonds. The molecular weight excluding hydrogens is 388 g/mol. The minimum Gasteiger partial charge on any atom is -0.481 e. The number of hydrogen-bond acceptors (Lipinski definition) is 4. The SMILES string of the molecule is CC1=CC[C@@H]2[C@@]3(C)C=CC(=O)C(C)(C)[C@@H]3CC[C@@]2(C)[C@]12Cc1c(c(C)c(C)oc1=O)O2. The summed E-state index contributed by atoms with van der Waals surface area (Å²) >= 11 is 0. The van der Waals surface area contributed by atoms with Gasteiger partial charge in [0.1, 0.15) is 17.1 Å². The molecule has 0 unspecified atom stereocenters. The summed E-state index contributed by atoms with van der Waals surface area (Å²) in [6, 6.07) is 0. The van der Waals surface area contributed by atoms with Gasteiger partial charge in [-0.1, -0.05) is 39.8 Å². The van der Waals surface area contributed by atoms with Crippen LogP contribution in [0, 0.1) is 41.9 Å². The van der Waals surface area contributed by atoms with Crippen molar-refractivity contribution in [1.82, 2.24) is 0 Å². The molecule has 5 rings (SSSR count). The largest absolute Gasteiger partial charge is 0.481 e. The molecule has 3 aliphatic carbocycles. The second-order valence-electron chi connectivity index (χ2n) is 11.5. The van der Waals surface area contributed by atoms with Crippen LogP contribution in [0.25, 0.3) is 0 Å². The van der Waals surface area contributed by atoms with Crippen LogP contribution in [0.1, 0.15) is 70.8 Å². The summed E-state index contributed by atoms with van der Waals surface area (Å²) < 4.78 is 12.4. The van der Waals surface area contributed by atoms with Gasteiger partial charge in [0, 0.05) is 22.8 Å². The first-order valence-corrected chi connectivity index (χ1v) is 11.6.